The lowest BCUT2D eigenvalue weighted by atomic mass is 9.89. The first-order chi connectivity index (χ1) is 8.42. The number of anilines is 1. The van der Waals surface area contributed by atoms with Crippen LogP contribution < -0.4 is 16.4 Å². The first kappa shape index (κ1) is 12.8. The van der Waals surface area contributed by atoms with E-state index in [0.717, 1.165) is 24.3 Å². The van der Waals surface area contributed by atoms with Gasteiger partial charge in [-0.25, -0.2) is 4.98 Å². The molecule has 18 heavy (non-hydrogen) atoms. The van der Waals surface area contributed by atoms with Gasteiger partial charge in [-0.1, -0.05) is 12.2 Å². The van der Waals surface area contributed by atoms with E-state index in [-0.39, 0.29) is 5.91 Å². The SMILES string of the molecule is CC1(C(N)=O)CCN(c2ccc(C(N)=S)cn2)C1. The highest BCUT2D eigenvalue weighted by molar-refractivity contribution is 7.80. The molecular formula is C12H16N4OS. The number of carbonyl (C=O) groups is 1. The van der Waals surface area contributed by atoms with Crippen LogP contribution >= 0.6 is 12.2 Å². The van der Waals surface area contributed by atoms with Gasteiger partial charge in [0.15, 0.2) is 0 Å². The number of aromatic nitrogens is 1. The number of primary amides is 1. The van der Waals surface area contributed by atoms with Crippen LogP contribution in [0.2, 0.25) is 0 Å². The molecule has 0 spiro atoms. The van der Waals surface area contributed by atoms with Gasteiger partial charge in [0.05, 0.1) is 5.41 Å². The zero-order chi connectivity index (χ0) is 13.3. The van der Waals surface area contributed by atoms with Crippen molar-refractivity contribution in [1.82, 2.24) is 4.98 Å². The number of pyridine rings is 1. The molecule has 1 aromatic rings. The highest BCUT2D eigenvalue weighted by Gasteiger charge is 2.39. The third-order valence-electron chi connectivity index (χ3n) is 3.42. The minimum Gasteiger partial charge on any atom is -0.389 e. The number of carbonyl (C=O) groups excluding carboxylic acids is 1. The lowest BCUT2D eigenvalue weighted by Gasteiger charge is -2.21. The van der Waals surface area contributed by atoms with Gasteiger partial charge in [-0.2, -0.15) is 0 Å². The Morgan fingerprint density at radius 1 is 1.50 bits per heavy atom. The Morgan fingerprint density at radius 3 is 2.67 bits per heavy atom. The summed E-state index contributed by atoms with van der Waals surface area (Å²) in [4.78, 5) is 18.1. The van der Waals surface area contributed by atoms with Crippen molar-refractivity contribution in [3.63, 3.8) is 0 Å². The number of hydrogen-bond donors (Lipinski definition) is 2. The molecule has 1 saturated heterocycles. The highest BCUT2D eigenvalue weighted by Crippen LogP contribution is 2.31. The van der Waals surface area contributed by atoms with Crippen molar-refractivity contribution in [3.8, 4) is 0 Å². The number of nitrogens with zero attached hydrogens (tertiary/aromatic N) is 2. The third-order valence-corrected chi connectivity index (χ3v) is 3.66. The number of amides is 1. The second kappa shape index (κ2) is 4.53. The minimum atomic E-state index is -0.469. The molecule has 6 heteroatoms. The molecule has 1 aliphatic rings. The summed E-state index contributed by atoms with van der Waals surface area (Å²) < 4.78 is 0. The average Bonchev–Trinajstić information content (AvgIpc) is 2.73. The van der Waals surface area contributed by atoms with Crippen LogP contribution in [-0.4, -0.2) is 29.0 Å². The van der Waals surface area contributed by atoms with E-state index >= 15 is 0 Å². The Labute approximate surface area is 111 Å². The summed E-state index contributed by atoms with van der Waals surface area (Å²) in [7, 11) is 0. The summed E-state index contributed by atoms with van der Waals surface area (Å²) in [6, 6.07) is 3.70. The van der Waals surface area contributed by atoms with E-state index < -0.39 is 5.41 Å². The Bertz CT molecular complexity index is 487. The van der Waals surface area contributed by atoms with Crippen molar-refractivity contribution >= 4 is 28.9 Å². The molecule has 0 saturated carbocycles. The van der Waals surface area contributed by atoms with E-state index in [1.165, 1.54) is 0 Å². The van der Waals surface area contributed by atoms with Crippen molar-refractivity contribution in [3.05, 3.63) is 23.9 Å². The van der Waals surface area contributed by atoms with Gasteiger partial charge in [0.2, 0.25) is 5.91 Å². The third kappa shape index (κ3) is 2.28. The molecule has 2 rings (SSSR count). The standard InChI is InChI=1S/C12H16N4OS/c1-12(11(14)17)4-5-16(7-12)9-3-2-8(6-15-9)10(13)18/h2-3,6H,4-5,7H2,1H3,(H2,13,18)(H2,14,17). The molecule has 0 radical (unpaired) electrons. The summed E-state index contributed by atoms with van der Waals surface area (Å²) in [6.45, 7) is 3.26. The van der Waals surface area contributed by atoms with Crippen LogP contribution in [0.25, 0.3) is 0 Å². The summed E-state index contributed by atoms with van der Waals surface area (Å²) in [5.74, 6) is 0.560. The van der Waals surface area contributed by atoms with Gasteiger partial charge in [-0.05, 0) is 25.5 Å². The maximum Gasteiger partial charge on any atom is 0.225 e. The molecule has 96 valence electrons. The Kier molecular flexibility index (Phi) is 3.21. The molecule has 1 unspecified atom stereocenters. The largest absolute Gasteiger partial charge is 0.389 e. The first-order valence-corrected chi connectivity index (χ1v) is 6.14. The molecule has 0 aliphatic carbocycles. The summed E-state index contributed by atoms with van der Waals surface area (Å²) in [5.41, 5.74) is 11.2. The molecule has 1 amide bonds. The predicted octanol–water partition coefficient (Wildman–Crippen LogP) is 0.417. The monoisotopic (exact) mass is 264 g/mol. The smallest absolute Gasteiger partial charge is 0.225 e. The van der Waals surface area contributed by atoms with Crippen LogP contribution in [0.5, 0.6) is 0 Å². The predicted molar refractivity (Wildman–Crippen MR) is 74.3 cm³/mol. The van der Waals surface area contributed by atoms with Gasteiger partial charge in [-0.15, -0.1) is 0 Å². The zero-order valence-electron chi connectivity index (χ0n) is 10.2. The van der Waals surface area contributed by atoms with Gasteiger partial charge in [0, 0.05) is 24.8 Å². The number of rotatable bonds is 3. The number of thiocarbonyl (C=S) groups is 1. The van der Waals surface area contributed by atoms with Crippen molar-refractivity contribution in [2.24, 2.45) is 16.9 Å². The number of hydrogen-bond acceptors (Lipinski definition) is 4. The van der Waals surface area contributed by atoms with Gasteiger partial charge in [-0.3, -0.25) is 4.79 Å². The molecule has 1 atom stereocenters. The van der Waals surface area contributed by atoms with Crippen LogP contribution in [0.3, 0.4) is 0 Å². The topological polar surface area (TPSA) is 85.2 Å². The first-order valence-electron chi connectivity index (χ1n) is 5.73. The molecule has 1 aromatic heterocycles. The van der Waals surface area contributed by atoms with Crippen LogP contribution in [-0.2, 0) is 4.79 Å². The summed E-state index contributed by atoms with van der Waals surface area (Å²) in [6.07, 6.45) is 2.40. The molecule has 0 aromatic carbocycles. The van der Waals surface area contributed by atoms with Crippen LogP contribution in [0.1, 0.15) is 18.9 Å². The van der Waals surface area contributed by atoms with Crippen molar-refractivity contribution in [2.45, 2.75) is 13.3 Å². The quantitative estimate of drug-likeness (QED) is 0.773. The second-order valence-electron chi connectivity index (χ2n) is 4.87. The van der Waals surface area contributed by atoms with Gasteiger partial charge < -0.3 is 16.4 Å². The average molecular weight is 264 g/mol. The molecule has 0 bridgehead atoms. The van der Waals surface area contributed by atoms with Crippen molar-refractivity contribution in [2.75, 3.05) is 18.0 Å². The molecule has 4 N–H and O–H groups in total. The Hall–Kier alpha value is -1.69. The molecular weight excluding hydrogens is 248 g/mol. The normalized spacial score (nSPS) is 23.1. The van der Waals surface area contributed by atoms with E-state index in [1.54, 1.807) is 6.20 Å². The molecule has 1 aliphatic heterocycles. The zero-order valence-corrected chi connectivity index (χ0v) is 11.0. The fourth-order valence-corrected chi connectivity index (χ4v) is 2.20. The fraction of sp³-hybridized carbons (Fsp3) is 0.417. The molecule has 5 nitrogen and oxygen atoms in total. The fourth-order valence-electron chi connectivity index (χ4n) is 2.08. The van der Waals surface area contributed by atoms with Gasteiger partial charge in [0.25, 0.3) is 0 Å². The highest BCUT2D eigenvalue weighted by atomic mass is 32.1. The maximum atomic E-state index is 11.4. The van der Waals surface area contributed by atoms with Crippen LogP contribution in [0.15, 0.2) is 18.3 Å². The van der Waals surface area contributed by atoms with E-state index in [0.29, 0.717) is 11.5 Å². The maximum absolute atomic E-state index is 11.4. The minimum absolute atomic E-state index is 0.259. The van der Waals surface area contributed by atoms with Crippen LogP contribution in [0, 0.1) is 5.41 Å². The van der Waals surface area contributed by atoms with Gasteiger partial charge in [0.1, 0.15) is 10.8 Å². The second-order valence-corrected chi connectivity index (χ2v) is 5.31. The van der Waals surface area contributed by atoms with E-state index in [2.05, 4.69) is 4.98 Å². The van der Waals surface area contributed by atoms with Crippen LogP contribution in [0.4, 0.5) is 5.82 Å². The van der Waals surface area contributed by atoms with Crippen molar-refractivity contribution in [1.29, 1.82) is 0 Å². The van der Waals surface area contributed by atoms with E-state index in [4.69, 9.17) is 23.7 Å². The molecule has 2 heterocycles. The lowest BCUT2D eigenvalue weighted by molar-refractivity contribution is -0.125. The Balaban J connectivity index is 2.15. The molecule has 1 fully saturated rings. The summed E-state index contributed by atoms with van der Waals surface area (Å²) in [5, 5.41) is 0. The van der Waals surface area contributed by atoms with E-state index in [9.17, 15) is 4.79 Å². The number of nitrogens with two attached hydrogens (primary N) is 2. The summed E-state index contributed by atoms with van der Waals surface area (Å²) >= 11 is 4.87. The van der Waals surface area contributed by atoms with Crippen molar-refractivity contribution < 1.29 is 4.79 Å². The van der Waals surface area contributed by atoms with E-state index in [1.807, 2.05) is 24.0 Å². The van der Waals surface area contributed by atoms with Gasteiger partial charge >= 0.3 is 0 Å². The lowest BCUT2D eigenvalue weighted by Crippen LogP contribution is -2.37. The Morgan fingerprint density at radius 2 is 2.22 bits per heavy atom.